The first kappa shape index (κ1) is 43.3. The average molecular weight is 763 g/mol. The monoisotopic (exact) mass is 762 g/mol. The zero-order valence-electron chi connectivity index (χ0n) is 33.1. The Morgan fingerprint density at radius 3 is 1.27 bits per heavy atom. The maximum Gasteiger partial charge on any atom is 0.243 e. The molecule has 0 saturated carbocycles. The molecule has 2 aromatic heterocycles. The third-order valence-corrected chi connectivity index (χ3v) is 10.4. The van der Waals surface area contributed by atoms with Gasteiger partial charge in [0.2, 0.25) is 23.6 Å². The van der Waals surface area contributed by atoms with Crippen LogP contribution >= 0.6 is 0 Å². The number of aliphatic hydroxyl groups is 1. The van der Waals surface area contributed by atoms with Crippen LogP contribution in [-0.2, 0) is 45.1 Å². The van der Waals surface area contributed by atoms with Crippen LogP contribution in [0.4, 0.5) is 0 Å². The summed E-state index contributed by atoms with van der Waals surface area (Å²) in [5.74, 6) is -3.05. The van der Waals surface area contributed by atoms with Gasteiger partial charge in [0, 0.05) is 24.2 Å². The lowest BCUT2D eigenvalue weighted by Crippen LogP contribution is -2.52. The molecule has 2 aromatic carbocycles. The van der Waals surface area contributed by atoms with Crippen LogP contribution in [0.2, 0.25) is 0 Å². The van der Waals surface area contributed by atoms with Crippen LogP contribution in [0.15, 0.2) is 109 Å². The molecule has 0 aliphatic heterocycles. The summed E-state index contributed by atoms with van der Waals surface area (Å²) in [6.07, 6.45) is 4.36. The maximum atomic E-state index is 14.2. The highest BCUT2D eigenvalue weighted by Crippen LogP contribution is 2.23. The van der Waals surface area contributed by atoms with Gasteiger partial charge < -0.3 is 26.4 Å². The summed E-state index contributed by atoms with van der Waals surface area (Å²) < 4.78 is 0. The van der Waals surface area contributed by atoms with Crippen molar-refractivity contribution in [2.75, 3.05) is 0 Å². The van der Waals surface area contributed by atoms with Crippen molar-refractivity contribution in [3.63, 3.8) is 0 Å². The summed E-state index contributed by atoms with van der Waals surface area (Å²) >= 11 is 0. The lowest BCUT2D eigenvalue weighted by Gasteiger charge is -2.29. The molecule has 5 N–H and O–H groups in total. The molecule has 0 bridgehead atoms. The van der Waals surface area contributed by atoms with Gasteiger partial charge in [0.05, 0.1) is 30.6 Å². The molecule has 0 unspecified atom stereocenters. The molecule has 11 heteroatoms. The van der Waals surface area contributed by atoms with Crippen molar-refractivity contribution < 1.29 is 24.3 Å². The van der Waals surface area contributed by atoms with Gasteiger partial charge >= 0.3 is 0 Å². The summed E-state index contributed by atoms with van der Waals surface area (Å²) in [4.78, 5) is 63.8. The Balaban J connectivity index is 1.52. The van der Waals surface area contributed by atoms with Crippen LogP contribution in [0, 0.1) is 23.7 Å². The number of carbonyl (C=O) groups excluding carboxylic acids is 4. The lowest BCUT2D eigenvalue weighted by atomic mass is 9.86. The van der Waals surface area contributed by atoms with Crippen LogP contribution in [-0.4, -0.2) is 56.9 Å². The Hall–Kier alpha value is -5.42. The highest BCUT2D eigenvalue weighted by Gasteiger charge is 2.33. The van der Waals surface area contributed by atoms with Crippen LogP contribution in [0.1, 0.15) is 75.9 Å². The predicted octanol–water partition coefficient (Wildman–Crippen LogP) is 5.33. The molecule has 56 heavy (non-hydrogen) atoms. The van der Waals surface area contributed by atoms with E-state index in [4.69, 9.17) is 0 Å². The molecule has 4 aromatic rings. The summed E-state index contributed by atoms with van der Waals surface area (Å²) in [5, 5.41) is 23.6. The van der Waals surface area contributed by atoms with E-state index in [0.717, 1.165) is 11.1 Å². The number of hydrogen-bond donors (Lipinski definition) is 5. The topological polar surface area (TPSA) is 162 Å². The smallest absolute Gasteiger partial charge is 0.243 e. The Kier molecular flexibility index (Phi) is 17.7. The molecule has 4 amide bonds. The van der Waals surface area contributed by atoms with Gasteiger partial charge in [0.1, 0.15) is 12.1 Å². The van der Waals surface area contributed by atoms with Gasteiger partial charge in [0.15, 0.2) is 0 Å². The van der Waals surface area contributed by atoms with Gasteiger partial charge in [-0.15, -0.1) is 0 Å². The van der Waals surface area contributed by atoms with Crippen molar-refractivity contribution in [3.05, 3.63) is 132 Å². The molecule has 4 rings (SSSR count). The van der Waals surface area contributed by atoms with E-state index < -0.39 is 30.0 Å². The SMILES string of the molecule is CC[C@H](C)[C@H](NC(=O)[C@H](Cc1ccccc1)CC(O)C[C@@H](Cc1ccccc1)C(=O)N[C@H](C(=O)NCc1ccccn1)[C@@H](C)CC)C(=O)NCc1ccccn1. The molecule has 2 heterocycles. The Labute approximate surface area is 331 Å². The fourth-order valence-corrected chi connectivity index (χ4v) is 6.64. The standard InChI is InChI=1S/C45H58N6O5/c1-5-31(3)40(44(55)48-29-37-21-13-15-23-46-37)50-42(53)35(25-33-17-9-7-10-18-33)27-39(52)28-36(26-34-19-11-8-12-20-34)43(54)51-41(32(4)6-2)45(56)49-30-38-22-14-16-24-47-38/h7-24,31-32,35-36,39-41,52H,5-6,25-30H2,1-4H3,(H,48,55)(H,49,56)(H,50,53)(H,51,54)/t31-,32-,35+,36+,40-,41-/m0/s1. The van der Waals surface area contributed by atoms with Crippen molar-refractivity contribution in [2.24, 2.45) is 23.7 Å². The average Bonchev–Trinajstić information content (AvgIpc) is 3.23. The number of carbonyl (C=O) groups is 4. The normalized spacial score (nSPS) is 14.4. The number of rotatable bonds is 22. The number of hydrogen-bond acceptors (Lipinski definition) is 7. The second-order valence-electron chi connectivity index (χ2n) is 14.7. The number of benzene rings is 2. The van der Waals surface area contributed by atoms with Gasteiger partial charge in [-0.05, 0) is 72.9 Å². The van der Waals surface area contributed by atoms with Gasteiger partial charge in [-0.3, -0.25) is 29.1 Å². The molecule has 11 nitrogen and oxygen atoms in total. The third kappa shape index (κ3) is 14.0. The van der Waals surface area contributed by atoms with E-state index in [9.17, 15) is 24.3 Å². The third-order valence-electron chi connectivity index (χ3n) is 10.4. The molecular formula is C45H58N6O5. The minimum Gasteiger partial charge on any atom is -0.393 e. The van der Waals surface area contributed by atoms with Gasteiger partial charge in [0.25, 0.3) is 0 Å². The summed E-state index contributed by atoms with van der Waals surface area (Å²) in [7, 11) is 0. The molecule has 0 aliphatic rings. The highest BCUT2D eigenvalue weighted by molar-refractivity contribution is 5.89. The second kappa shape index (κ2) is 22.8. The van der Waals surface area contributed by atoms with Crippen molar-refractivity contribution in [3.8, 4) is 0 Å². The fraction of sp³-hybridized carbons (Fsp3) is 0.422. The van der Waals surface area contributed by atoms with E-state index in [-0.39, 0.29) is 61.4 Å². The number of amides is 4. The zero-order chi connectivity index (χ0) is 40.3. The van der Waals surface area contributed by atoms with E-state index >= 15 is 0 Å². The zero-order valence-corrected chi connectivity index (χ0v) is 33.1. The summed E-state index contributed by atoms with van der Waals surface area (Å²) in [5.41, 5.74) is 3.22. The first-order valence-electron chi connectivity index (χ1n) is 19.8. The molecule has 0 radical (unpaired) electrons. The number of nitrogens with one attached hydrogen (secondary N) is 4. The van der Waals surface area contributed by atoms with Crippen molar-refractivity contribution in [1.82, 2.24) is 31.2 Å². The lowest BCUT2D eigenvalue weighted by molar-refractivity contribution is -0.134. The van der Waals surface area contributed by atoms with Crippen LogP contribution in [0.5, 0.6) is 0 Å². The van der Waals surface area contributed by atoms with Crippen molar-refractivity contribution >= 4 is 23.6 Å². The quantitative estimate of drug-likeness (QED) is 0.0723. The highest BCUT2D eigenvalue weighted by atomic mass is 16.3. The van der Waals surface area contributed by atoms with Crippen molar-refractivity contribution in [2.45, 2.75) is 97.5 Å². The minimum atomic E-state index is -1.05. The van der Waals surface area contributed by atoms with E-state index in [1.165, 1.54) is 0 Å². The Morgan fingerprint density at radius 2 is 0.929 bits per heavy atom. The summed E-state index contributed by atoms with van der Waals surface area (Å²) in [6.45, 7) is 8.23. The number of pyridine rings is 2. The van der Waals surface area contributed by atoms with Gasteiger partial charge in [-0.1, -0.05) is 113 Å². The summed E-state index contributed by atoms with van der Waals surface area (Å²) in [6, 6.07) is 28.5. The van der Waals surface area contributed by atoms with E-state index in [0.29, 0.717) is 37.1 Å². The molecular weight excluding hydrogens is 705 g/mol. The van der Waals surface area contributed by atoms with Crippen LogP contribution in [0.3, 0.4) is 0 Å². The Morgan fingerprint density at radius 1 is 0.554 bits per heavy atom. The Bertz CT molecular complexity index is 1650. The largest absolute Gasteiger partial charge is 0.393 e. The first-order valence-corrected chi connectivity index (χ1v) is 19.8. The van der Waals surface area contributed by atoms with E-state index in [2.05, 4.69) is 31.2 Å². The van der Waals surface area contributed by atoms with Gasteiger partial charge in [-0.2, -0.15) is 0 Å². The van der Waals surface area contributed by atoms with E-state index in [1.54, 1.807) is 24.5 Å². The maximum absolute atomic E-state index is 14.2. The van der Waals surface area contributed by atoms with Crippen molar-refractivity contribution in [1.29, 1.82) is 0 Å². The molecule has 298 valence electrons. The van der Waals surface area contributed by atoms with E-state index in [1.807, 2.05) is 113 Å². The first-order chi connectivity index (χ1) is 27.1. The predicted molar refractivity (Wildman–Crippen MR) is 217 cm³/mol. The van der Waals surface area contributed by atoms with Gasteiger partial charge in [-0.25, -0.2) is 0 Å². The van der Waals surface area contributed by atoms with Crippen LogP contribution < -0.4 is 21.3 Å². The molecule has 0 spiro atoms. The molecule has 6 atom stereocenters. The second-order valence-corrected chi connectivity index (χ2v) is 14.7. The molecule has 0 saturated heterocycles. The number of nitrogens with zero attached hydrogens (tertiary/aromatic N) is 2. The fourth-order valence-electron chi connectivity index (χ4n) is 6.64. The number of aliphatic hydroxyl groups excluding tert-OH is 1. The number of aromatic nitrogens is 2. The molecule has 0 aliphatic carbocycles. The minimum absolute atomic E-state index is 0.0570. The van der Waals surface area contributed by atoms with Crippen LogP contribution in [0.25, 0.3) is 0 Å². The molecule has 0 fully saturated rings.